The van der Waals surface area contributed by atoms with Crippen molar-refractivity contribution >= 4 is 40.0 Å². The standard InChI is InChI=1S/C45H58N2O13/c1-12-18-47(19-13-2)33(49)22-57-32-21-30-40(53)35-34(32)36-42(28(8)39(35)52)60-45(10,43(36)54)58-20-17-31(56-11)25(5)41(59-29(9)48)27(7)38(51)26(6)37(50)23(3)15-14-16-24(4)44(55)46-30/h1,14-17,20-21,23,25-27,31,37-38,41,50-53H,13,18-19,22H2,2-11H3,(H,46,55)/b15-14+,20-17+,24-16-. The fourth-order valence-corrected chi connectivity index (χ4v) is 7.65. The summed E-state index contributed by atoms with van der Waals surface area (Å²) in [4.78, 5) is 55.1. The Bertz CT molecular complexity index is 2100. The summed E-state index contributed by atoms with van der Waals surface area (Å²) >= 11 is 0. The zero-order valence-corrected chi connectivity index (χ0v) is 35.9. The van der Waals surface area contributed by atoms with Gasteiger partial charge in [-0.2, -0.15) is 0 Å². The third kappa shape index (κ3) is 9.73. The van der Waals surface area contributed by atoms with Gasteiger partial charge in [-0.25, -0.2) is 0 Å². The molecule has 2 amide bonds. The fourth-order valence-electron chi connectivity index (χ4n) is 7.65. The van der Waals surface area contributed by atoms with Gasteiger partial charge in [-0.1, -0.05) is 58.8 Å². The number of nitrogens with one attached hydrogen (secondary N) is 1. The number of rotatable bonds is 8. The second-order valence-corrected chi connectivity index (χ2v) is 15.7. The SMILES string of the molecule is C#CCN(CCC)C(=O)COc1cc2c(O)c3c(O)c(C)c4c(c13)C(=O)C(C)(O/C=C/C(OC)C(C)C(OC(C)=O)C(C)C(O)C(C)C(O)C(C)/C=C/C=C(/C)C(=O)N2)O4. The lowest BCUT2D eigenvalue weighted by atomic mass is 9.78. The van der Waals surface area contributed by atoms with E-state index >= 15 is 0 Å². The summed E-state index contributed by atoms with van der Waals surface area (Å²) in [6, 6.07) is 1.24. The Hall–Kier alpha value is -5.56. The number of amides is 2. The molecule has 5 N–H and O–H groups in total. The van der Waals surface area contributed by atoms with Crippen molar-refractivity contribution in [2.75, 3.05) is 32.1 Å². The van der Waals surface area contributed by atoms with Crippen molar-refractivity contribution in [2.24, 2.45) is 23.7 Å². The molecule has 9 unspecified atom stereocenters. The molecule has 3 heterocycles. The number of hydrogen-bond acceptors (Lipinski definition) is 13. The van der Waals surface area contributed by atoms with Crippen LogP contribution in [0.5, 0.6) is 23.0 Å². The van der Waals surface area contributed by atoms with Crippen LogP contribution in [0.1, 0.15) is 77.7 Å². The number of terminal acetylenes is 1. The van der Waals surface area contributed by atoms with E-state index in [-0.39, 0.29) is 51.2 Å². The number of hydrogen-bond donors (Lipinski definition) is 5. The van der Waals surface area contributed by atoms with Crippen molar-refractivity contribution in [3.63, 3.8) is 0 Å². The maximum absolute atomic E-state index is 14.5. The van der Waals surface area contributed by atoms with Crippen LogP contribution in [-0.4, -0.2) is 106 Å². The lowest BCUT2D eigenvalue weighted by Gasteiger charge is -2.38. The van der Waals surface area contributed by atoms with E-state index in [0.29, 0.717) is 13.0 Å². The number of anilines is 1. The number of allylic oxidation sites excluding steroid dienone is 2. The molecular formula is C45H58N2O13. The second kappa shape index (κ2) is 19.7. The van der Waals surface area contributed by atoms with E-state index in [1.165, 1.54) is 64.2 Å². The normalized spacial score (nSPS) is 29.4. The molecular weight excluding hydrogens is 776 g/mol. The molecule has 0 radical (unpaired) electrons. The Morgan fingerprint density at radius 2 is 1.70 bits per heavy atom. The third-order valence-corrected chi connectivity index (χ3v) is 11.3. The Balaban J connectivity index is 1.94. The van der Waals surface area contributed by atoms with E-state index in [1.54, 1.807) is 39.8 Å². The van der Waals surface area contributed by atoms with Crippen LogP contribution in [0.4, 0.5) is 5.69 Å². The molecule has 3 aliphatic rings. The van der Waals surface area contributed by atoms with Crippen LogP contribution in [0, 0.1) is 42.9 Å². The van der Waals surface area contributed by atoms with Crippen molar-refractivity contribution in [1.82, 2.24) is 4.90 Å². The van der Waals surface area contributed by atoms with Crippen LogP contribution >= 0.6 is 0 Å². The number of carbonyl (C=O) groups is 4. The smallest absolute Gasteiger partial charge is 0.312 e. The molecule has 5 bridgehead atoms. The number of benzene rings is 2. The number of ketones is 1. The molecule has 0 aromatic heterocycles. The number of aromatic hydroxyl groups is 2. The second-order valence-electron chi connectivity index (χ2n) is 15.7. The molecule has 9 atom stereocenters. The van der Waals surface area contributed by atoms with Gasteiger partial charge in [0.15, 0.2) is 12.4 Å². The number of carbonyl (C=O) groups excluding carboxylic acids is 4. The first kappa shape index (κ1) is 47.1. The average molecular weight is 835 g/mol. The van der Waals surface area contributed by atoms with Gasteiger partial charge >= 0.3 is 11.8 Å². The Kier molecular flexibility index (Phi) is 15.4. The molecule has 15 nitrogen and oxygen atoms in total. The van der Waals surface area contributed by atoms with E-state index in [4.69, 9.17) is 30.1 Å². The fraction of sp³-hybridized carbons (Fsp3) is 0.511. The van der Waals surface area contributed by atoms with E-state index in [9.17, 15) is 39.6 Å². The van der Waals surface area contributed by atoms with Gasteiger partial charge in [0, 0.05) is 73.8 Å². The first-order valence-corrected chi connectivity index (χ1v) is 19.9. The average Bonchev–Trinajstić information content (AvgIpc) is 3.47. The minimum absolute atomic E-state index is 0.0174. The highest BCUT2D eigenvalue weighted by Gasteiger charge is 2.49. The summed E-state index contributed by atoms with van der Waals surface area (Å²) in [6.45, 7) is 14.2. The number of aliphatic hydroxyl groups is 2. The quantitative estimate of drug-likeness (QED) is 0.130. The van der Waals surface area contributed by atoms with Crippen molar-refractivity contribution < 1.29 is 63.3 Å². The lowest BCUT2D eigenvalue weighted by Crippen LogP contribution is -2.46. The summed E-state index contributed by atoms with van der Waals surface area (Å²) in [5.74, 6) is -5.89. The number of fused-ring (bicyclic) bond motifs is 14. The Morgan fingerprint density at radius 1 is 1.02 bits per heavy atom. The number of nitrogens with zero attached hydrogens (tertiary/aromatic N) is 1. The van der Waals surface area contributed by atoms with Gasteiger partial charge in [-0.05, 0) is 26.3 Å². The van der Waals surface area contributed by atoms with Crippen LogP contribution in [0.25, 0.3) is 10.8 Å². The van der Waals surface area contributed by atoms with E-state index in [0.717, 1.165) is 0 Å². The maximum Gasteiger partial charge on any atom is 0.312 e. The maximum atomic E-state index is 14.5. The van der Waals surface area contributed by atoms with E-state index in [1.807, 2.05) is 6.92 Å². The number of phenols is 2. The number of esters is 1. The largest absolute Gasteiger partial charge is 0.507 e. The molecule has 5 rings (SSSR count). The third-order valence-electron chi connectivity index (χ3n) is 11.3. The molecule has 2 aromatic carbocycles. The summed E-state index contributed by atoms with van der Waals surface area (Å²) in [5.41, 5.74) is -0.0962. The van der Waals surface area contributed by atoms with Crippen LogP contribution < -0.4 is 14.8 Å². The van der Waals surface area contributed by atoms with Gasteiger partial charge in [0.2, 0.25) is 0 Å². The zero-order chi connectivity index (χ0) is 44.8. The number of phenolic OH excluding ortho intramolecular Hbond substituents is 2. The molecule has 2 aromatic rings. The van der Waals surface area contributed by atoms with Gasteiger partial charge < -0.3 is 54.3 Å². The highest BCUT2D eigenvalue weighted by molar-refractivity contribution is 6.21. The van der Waals surface area contributed by atoms with Crippen LogP contribution in [0.15, 0.2) is 42.2 Å². The minimum Gasteiger partial charge on any atom is -0.507 e. The van der Waals surface area contributed by atoms with E-state index < -0.39 is 95.5 Å². The van der Waals surface area contributed by atoms with Gasteiger partial charge in [0.25, 0.3) is 17.6 Å². The van der Waals surface area contributed by atoms with Crippen molar-refractivity contribution in [2.45, 2.75) is 98.9 Å². The summed E-state index contributed by atoms with van der Waals surface area (Å²) in [7, 11) is 1.43. The number of Topliss-reactive ketones (excluding diaryl/α,β-unsaturated/α-hetero) is 1. The van der Waals surface area contributed by atoms with Crippen LogP contribution in [-0.2, 0) is 28.6 Å². The predicted octanol–water partition coefficient (Wildman–Crippen LogP) is 5.30. The summed E-state index contributed by atoms with van der Waals surface area (Å²) in [6.07, 6.45) is 9.63. The molecule has 60 heavy (non-hydrogen) atoms. The highest BCUT2D eigenvalue weighted by atomic mass is 16.7. The number of aliphatic hydroxyl groups excluding tert-OH is 2. The molecule has 0 saturated heterocycles. The Labute approximate surface area is 351 Å². The zero-order valence-electron chi connectivity index (χ0n) is 35.9. The predicted molar refractivity (Wildman–Crippen MR) is 223 cm³/mol. The number of methoxy groups -OCH3 is 1. The van der Waals surface area contributed by atoms with Gasteiger partial charge in [0.05, 0.1) is 47.8 Å². The summed E-state index contributed by atoms with van der Waals surface area (Å²) < 4.78 is 29.7. The molecule has 0 spiro atoms. The highest BCUT2D eigenvalue weighted by Crippen LogP contribution is 2.54. The molecule has 0 saturated carbocycles. The molecule has 3 aliphatic heterocycles. The lowest BCUT2D eigenvalue weighted by molar-refractivity contribution is -0.160. The van der Waals surface area contributed by atoms with E-state index in [2.05, 4.69) is 11.2 Å². The topological polar surface area (TPSA) is 211 Å². The van der Waals surface area contributed by atoms with Crippen LogP contribution in [0.3, 0.4) is 0 Å². The van der Waals surface area contributed by atoms with Gasteiger partial charge in [-0.3, -0.25) is 19.2 Å². The Morgan fingerprint density at radius 3 is 2.32 bits per heavy atom. The molecule has 326 valence electrons. The van der Waals surface area contributed by atoms with Crippen molar-refractivity contribution in [3.8, 4) is 35.3 Å². The van der Waals surface area contributed by atoms with Crippen LogP contribution in [0.2, 0.25) is 0 Å². The first-order valence-electron chi connectivity index (χ1n) is 19.9. The van der Waals surface area contributed by atoms with Crippen molar-refractivity contribution in [3.05, 3.63) is 53.3 Å². The molecule has 15 heteroatoms. The first-order chi connectivity index (χ1) is 28.2. The number of ether oxygens (including phenoxy) is 5. The molecule has 0 aliphatic carbocycles. The van der Waals surface area contributed by atoms with Gasteiger partial charge in [-0.15, -0.1) is 6.42 Å². The molecule has 0 fully saturated rings. The minimum atomic E-state index is -2.05. The van der Waals surface area contributed by atoms with Gasteiger partial charge in [0.1, 0.15) is 23.4 Å². The van der Waals surface area contributed by atoms with Crippen molar-refractivity contribution in [1.29, 1.82) is 0 Å². The summed E-state index contributed by atoms with van der Waals surface area (Å²) in [5, 5.41) is 48.4. The monoisotopic (exact) mass is 834 g/mol.